The van der Waals surface area contributed by atoms with E-state index in [0.717, 1.165) is 0 Å². The lowest BCUT2D eigenvalue weighted by atomic mass is 10.8. The lowest BCUT2D eigenvalue weighted by Gasteiger charge is -1.74. The predicted octanol–water partition coefficient (Wildman–Crippen LogP) is 0.608. The molecule has 0 amide bonds. The topological polar surface area (TPSA) is 42.9 Å². The average molecular weight is 146 g/mol. The second-order valence-electron chi connectivity index (χ2n) is 1.05. The molecule has 0 saturated carbocycles. The highest BCUT2D eigenvalue weighted by Gasteiger charge is 2.00. The van der Waals surface area contributed by atoms with Gasteiger partial charge >= 0.3 is 0 Å². The molecule has 0 aliphatic rings. The van der Waals surface area contributed by atoms with Gasteiger partial charge in [0.2, 0.25) is 5.12 Å². The van der Waals surface area contributed by atoms with Crippen LogP contribution in [-0.4, -0.2) is 15.3 Å². The van der Waals surface area contributed by atoms with Crippen molar-refractivity contribution in [1.82, 2.24) is 10.2 Å². The summed E-state index contributed by atoms with van der Waals surface area (Å²) in [6.07, 6.45) is 0. The third kappa shape index (κ3) is 1.05. The van der Waals surface area contributed by atoms with E-state index in [-0.39, 0.29) is 5.12 Å². The number of nitrogens with zero attached hydrogens (tertiary/aromatic N) is 2. The van der Waals surface area contributed by atoms with E-state index in [1.54, 1.807) is 0 Å². The van der Waals surface area contributed by atoms with Crippen molar-refractivity contribution in [2.45, 2.75) is 0 Å². The molecule has 3 nitrogen and oxygen atoms in total. The monoisotopic (exact) mass is 146 g/mol. The molecular formula is C3H2N2OS2. The van der Waals surface area contributed by atoms with Crippen molar-refractivity contribution in [2.75, 3.05) is 0 Å². The lowest BCUT2D eigenvalue weighted by molar-refractivity contribution is 0.109. The van der Waals surface area contributed by atoms with Gasteiger partial charge in [-0.3, -0.25) is 4.79 Å². The molecule has 0 aliphatic heterocycles. The number of thiol groups is 1. The summed E-state index contributed by atoms with van der Waals surface area (Å²) in [4.78, 5) is 10.3. The van der Waals surface area contributed by atoms with Crippen molar-refractivity contribution >= 4 is 29.1 Å². The molecule has 0 unspecified atom stereocenters. The summed E-state index contributed by atoms with van der Waals surface area (Å²) in [6.45, 7) is 0. The summed E-state index contributed by atoms with van der Waals surface area (Å²) >= 11 is 4.71. The van der Waals surface area contributed by atoms with Crippen LogP contribution in [0.3, 0.4) is 0 Å². The molecule has 0 aliphatic carbocycles. The zero-order valence-electron chi connectivity index (χ0n) is 3.74. The fourth-order valence-electron chi connectivity index (χ4n) is 0.266. The minimum absolute atomic E-state index is 0.326. The Morgan fingerprint density at radius 3 is 2.88 bits per heavy atom. The third-order valence-corrected chi connectivity index (χ3v) is 1.60. The molecule has 0 bridgehead atoms. The predicted molar refractivity (Wildman–Crippen MR) is 33.2 cm³/mol. The first kappa shape index (κ1) is 5.71. The second kappa shape index (κ2) is 2.23. The quantitative estimate of drug-likeness (QED) is 0.590. The van der Waals surface area contributed by atoms with Gasteiger partial charge in [0.15, 0.2) is 5.01 Å². The van der Waals surface area contributed by atoms with Gasteiger partial charge in [-0.05, 0) is 0 Å². The fraction of sp³-hybridized carbons (Fsp3) is 0. The van der Waals surface area contributed by atoms with Crippen LogP contribution in [-0.2, 0) is 0 Å². The molecule has 1 rings (SSSR count). The summed E-state index contributed by atoms with van der Waals surface area (Å²) < 4.78 is 0. The second-order valence-corrected chi connectivity index (χ2v) is 2.29. The molecule has 0 fully saturated rings. The third-order valence-electron chi connectivity index (χ3n) is 0.543. The van der Waals surface area contributed by atoms with Gasteiger partial charge in [-0.2, -0.15) is 0 Å². The van der Waals surface area contributed by atoms with Crippen molar-refractivity contribution in [3.05, 3.63) is 10.5 Å². The summed E-state index contributed by atoms with van der Waals surface area (Å²) in [7, 11) is 0. The van der Waals surface area contributed by atoms with Crippen molar-refractivity contribution in [3.63, 3.8) is 0 Å². The van der Waals surface area contributed by atoms with Crippen LogP contribution < -0.4 is 0 Å². The summed E-state index contributed by atoms with van der Waals surface area (Å²) in [5, 5.41) is 6.92. The Labute approximate surface area is 55.2 Å². The van der Waals surface area contributed by atoms with E-state index in [0.29, 0.717) is 5.01 Å². The van der Waals surface area contributed by atoms with Crippen LogP contribution in [0.25, 0.3) is 0 Å². The van der Waals surface area contributed by atoms with Gasteiger partial charge in [-0.1, -0.05) is 24.0 Å². The number of hydrogen-bond acceptors (Lipinski definition) is 4. The molecule has 5 heteroatoms. The van der Waals surface area contributed by atoms with E-state index in [1.807, 2.05) is 0 Å². The van der Waals surface area contributed by atoms with Crippen LogP contribution in [0.4, 0.5) is 0 Å². The van der Waals surface area contributed by atoms with Crippen LogP contribution >= 0.6 is 24.0 Å². The van der Waals surface area contributed by atoms with Crippen LogP contribution in [0.15, 0.2) is 5.51 Å². The largest absolute Gasteiger partial charge is 0.279 e. The van der Waals surface area contributed by atoms with E-state index in [9.17, 15) is 4.79 Å². The average Bonchev–Trinajstić information content (AvgIpc) is 2.12. The van der Waals surface area contributed by atoms with Gasteiger partial charge in [-0.25, -0.2) is 0 Å². The highest BCUT2D eigenvalue weighted by atomic mass is 32.1. The number of aromatic nitrogens is 2. The Morgan fingerprint density at radius 1 is 1.88 bits per heavy atom. The maximum Gasteiger partial charge on any atom is 0.246 e. The molecule has 8 heavy (non-hydrogen) atoms. The molecule has 0 aromatic carbocycles. The smallest absolute Gasteiger partial charge is 0.246 e. The lowest BCUT2D eigenvalue weighted by Crippen LogP contribution is -1.85. The molecule has 0 saturated heterocycles. The van der Waals surface area contributed by atoms with Crippen molar-refractivity contribution in [1.29, 1.82) is 0 Å². The summed E-state index contributed by atoms with van der Waals surface area (Å²) in [5.74, 6) is 0. The van der Waals surface area contributed by atoms with E-state index in [2.05, 4.69) is 22.8 Å². The molecule has 1 aromatic heterocycles. The zero-order valence-corrected chi connectivity index (χ0v) is 5.45. The first-order valence-electron chi connectivity index (χ1n) is 1.80. The normalized spacial score (nSPS) is 9.12. The van der Waals surface area contributed by atoms with E-state index >= 15 is 0 Å². The number of carbonyl (C=O) groups excluding carboxylic acids is 1. The first-order chi connectivity index (χ1) is 3.80. The van der Waals surface area contributed by atoms with Gasteiger partial charge in [0.1, 0.15) is 5.51 Å². The Balaban J connectivity index is 2.93. The Kier molecular flexibility index (Phi) is 1.59. The highest BCUT2D eigenvalue weighted by Crippen LogP contribution is 2.03. The molecule has 0 atom stereocenters. The summed E-state index contributed by atoms with van der Waals surface area (Å²) in [5.41, 5.74) is 1.49. The van der Waals surface area contributed by atoms with Crippen LogP contribution in [0.2, 0.25) is 0 Å². The van der Waals surface area contributed by atoms with Gasteiger partial charge < -0.3 is 0 Å². The van der Waals surface area contributed by atoms with Gasteiger partial charge in [0.25, 0.3) is 0 Å². The molecule has 0 N–H and O–H groups in total. The van der Waals surface area contributed by atoms with E-state index < -0.39 is 0 Å². The number of carbonyl (C=O) groups is 1. The van der Waals surface area contributed by atoms with Crippen molar-refractivity contribution in [2.24, 2.45) is 0 Å². The zero-order chi connectivity index (χ0) is 5.98. The highest BCUT2D eigenvalue weighted by molar-refractivity contribution is 7.97. The Bertz CT molecular complexity index is 183. The van der Waals surface area contributed by atoms with Crippen molar-refractivity contribution in [3.8, 4) is 0 Å². The van der Waals surface area contributed by atoms with E-state index in [1.165, 1.54) is 16.8 Å². The van der Waals surface area contributed by atoms with Crippen molar-refractivity contribution < 1.29 is 4.79 Å². The first-order valence-corrected chi connectivity index (χ1v) is 3.13. The molecular weight excluding hydrogens is 144 g/mol. The van der Waals surface area contributed by atoms with Crippen LogP contribution in [0.1, 0.15) is 9.80 Å². The van der Waals surface area contributed by atoms with E-state index in [4.69, 9.17) is 0 Å². The molecule has 1 heterocycles. The maximum absolute atomic E-state index is 10.3. The van der Waals surface area contributed by atoms with Crippen LogP contribution in [0, 0.1) is 0 Å². The molecule has 1 aromatic rings. The minimum atomic E-state index is -0.326. The SMILES string of the molecule is O=C(S)c1nncs1. The standard InChI is InChI=1S/C3H2N2OS2/c6-3(7)2-5-4-1-8-2/h1H,(H,6,7). The van der Waals surface area contributed by atoms with Gasteiger partial charge in [0.05, 0.1) is 0 Å². The number of rotatable bonds is 1. The van der Waals surface area contributed by atoms with Crippen LogP contribution in [0.5, 0.6) is 0 Å². The van der Waals surface area contributed by atoms with Gasteiger partial charge in [0, 0.05) is 0 Å². The summed E-state index contributed by atoms with van der Waals surface area (Å²) in [6, 6.07) is 0. The molecule has 0 radical (unpaired) electrons. The maximum atomic E-state index is 10.3. The van der Waals surface area contributed by atoms with Gasteiger partial charge in [-0.15, -0.1) is 10.2 Å². The molecule has 42 valence electrons. The Hall–Kier alpha value is -0.420. The number of hydrogen-bond donors (Lipinski definition) is 1. The fourth-order valence-corrected chi connectivity index (χ4v) is 0.858. The molecule has 0 spiro atoms. The Morgan fingerprint density at radius 2 is 2.62 bits per heavy atom. The minimum Gasteiger partial charge on any atom is -0.279 e.